The molecule has 1 aliphatic rings. The first kappa shape index (κ1) is 20.5. The molecule has 0 unspecified atom stereocenters. The number of nitrogens with zero attached hydrogens (tertiary/aromatic N) is 1. The number of rotatable bonds is 5. The molecule has 1 heterocycles. The molecule has 2 aromatic rings. The Bertz CT molecular complexity index is 967. The Morgan fingerprint density at radius 2 is 1.96 bits per heavy atom. The predicted molar refractivity (Wildman–Crippen MR) is 103 cm³/mol. The summed E-state index contributed by atoms with van der Waals surface area (Å²) >= 11 is 0. The molecule has 0 radical (unpaired) electrons. The first-order valence-corrected chi connectivity index (χ1v) is 10.2. The zero-order chi connectivity index (χ0) is 20.5. The Balaban J connectivity index is 1.90. The molecule has 1 fully saturated rings. The number of halogens is 3. The zero-order valence-electron chi connectivity index (χ0n) is 15.5. The molecule has 1 N–H and O–H groups in total. The second-order valence-corrected chi connectivity index (χ2v) is 8.60. The zero-order valence-corrected chi connectivity index (χ0v) is 16.3. The maximum Gasteiger partial charge on any atom is 0.419 e. The number of hydrogen-bond donors (Lipinski definition) is 1. The van der Waals surface area contributed by atoms with Gasteiger partial charge in [-0.2, -0.15) is 13.2 Å². The number of anilines is 1. The molecule has 0 aliphatic carbocycles. The van der Waals surface area contributed by atoms with E-state index < -0.39 is 21.8 Å². The maximum atomic E-state index is 13.3. The highest BCUT2D eigenvalue weighted by Gasteiger charge is 2.36. The lowest BCUT2D eigenvalue weighted by molar-refractivity contribution is -0.139. The number of nitrogens with one attached hydrogen (secondary N) is 1. The number of sulfonamides is 1. The number of alkyl halides is 3. The summed E-state index contributed by atoms with van der Waals surface area (Å²) in [6.45, 7) is 1.24. The average Bonchev–Trinajstić information content (AvgIpc) is 2.98. The van der Waals surface area contributed by atoms with Gasteiger partial charge in [-0.25, -0.2) is 8.42 Å². The van der Waals surface area contributed by atoms with Crippen LogP contribution in [0.3, 0.4) is 0 Å². The van der Waals surface area contributed by atoms with Crippen molar-refractivity contribution in [1.29, 1.82) is 0 Å². The molecule has 3 rings (SSSR count). The minimum atomic E-state index is -4.60. The largest absolute Gasteiger partial charge is 0.488 e. The van der Waals surface area contributed by atoms with Crippen LogP contribution in [-0.2, 0) is 16.2 Å². The Kier molecular flexibility index (Phi) is 5.63. The monoisotopic (exact) mass is 412 g/mol. The molecule has 0 saturated carbocycles. The van der Waals surface area contributed by atoms with E-state index in [1.165, 1.54) is 12.1 Å². The normalized spacial score (nSPS) is 18.2. The van der Waals surface area contributed by atoms with Crippen molar-refractivity contribution in [3.05, 3.63) is 48.0 Å². The van der Waals surface area contributed by atoms with Gasteiger partial charge in [0.1, 0.15) is 19.7 Å². The van der Waals surface area contributed by atoms with Gasteiger partial charge in [0.15, 0.2) is 0 Å². The molecule has 28 heavy (non-hydrogen) atoms. The van der Waals surface area contributed by atoms with Crippen LogP contribution < -0.4 is 14.9 Å². The lowest BCUT2D eigenvalue weighted by Crippen LogP contribution is -2.23. The fraction of sp³-hybridized carbons (Fsp3) is 0.333. The maximum absolute atomic E-state index is 13.3. The Hall–Kier alpha value is -2.20. The van der Waals surface area contributed by atoms with E-state index in [1.54, 1.807) is 20.0 Å². The Morgan fingerprint density at radius 1 is 1.21 bits per heavy atom. The highest BCUT2D eigenvalue weighted by atomic mass is 32.2. The molecule has 5 nitrogen and oxygen atoms in total. The predicted octanol–water partition coefficient (Wildman–Crippen LogP) is 1.85. The smallest absolute Gasteiger partial charge is 0.419 e. The quantitative estimate of drug-likeness (QED) is 0.762. The summed E-state index contributed by atoms with van der Waals surface area (Å²) in [5.74, 6) is -0.378. The molecule has 2 aromatic carbocycles. The van der Waals surface area contributed by atoms with Gasteiger partial charge in [0.2, 0.25) is 0 Å². The summed E-state index contributed by atoms with van der Waals surface area (Å²) in [4.78, 5) is 2.00. The van der Waals surface area contributed by atoms with Crippen molar-refractivity contribution in [1.82, 2.24) is 4.90 Å². The minimum Gasteiger partial charge on any atom is -0.488 e. The lowest BCUT2D eigenvalue weighted by atomic mass is 9.97. The summed E-state index contributed by atoms with van der Waals surface area (Å²) < 4.78 is 73.1. The van der Waals surface area contributed by atoms with Gasteiger partial charge >= 0.3 is 6.18 Å². The highest BCUT2D eigenvalue weighted by molar-refractivity contribution is 7.92. The SMILES string of the molecule is Bc1cccc(S(=O)(=O)Nc2ccc(C(F)(F)F)c(O[C@@H]3CCN(C)C3)c2)c1. The van der Waals surface area contributed by atoms with Gasteiger partial charge in [-0.3, -0.25) is 4.72 Å². The van der Waals surface area contributed by atoms with Crippen molar-refractivity contribution in [3.8, 4) is 5.75 Å². The molecule has 1 saturated heterocycles. The second kappa shape index (κ2) is 7.67. The van der Waals surface area contributed by atoms with E-state index >= 15 is 0 Å². The number of likely N-dealkylation sites (tertiary alicyclic amines) is 1. The van der Waals surface area contributed by atoms with E-state index in [-0.39, 0.29) is 22.4 Å². The van der Waals surface area contributed by atoms with E-state index in [0.717, 1.165) is 30.2 Å². The van der Waals surface area contributed by atoms with E-state index in [4.69, 9.17) is 4.74 Å². The van der Waals surface area contributed by atoms with Gasteiger partial charge in [0.05, 0.1) is 16.1 Å². The summed E-state index contributed by atoms with van der Waals surface area (Å²) in [5.41, 5.74) is -0.166. The van der Waals surface area contributed by atoms with Crippen LogP contribution >= 0.6 is 0 Å². The Labute approximate surface area is 163 Å². The number of hydrogen-bond acceptors (Lipinski definition) is 4. The second-order valence-electron chi connectivity index (χ2n) is 6.92. The summed E-state index contributed by atoms with van der Waals surface area (Å²) in [6, 6.07) is 9.27. The third-order valence-electron chi connectivity index (χ3n) is 4.48. The fourth-order valence-corrected chi connectivity index (χ4v) is 4.24. The lowest BCUT2D eigenvalue weighted by Gasteiger charge is -2.19. The minimum absolute atomic E-state index is 0.0101. The highest BCUT2D eigenvalue weighted by Crippen LogP contribution is 2.39. The molecule has 0 aromatic heterocycles. The molecule has 150 valence electrons. The van der Waals surface area contributed by atoms with Crippen LogP contribution in [0.4, 0.5) is 18.9 Å². The van der Waals surface area contributed by atoms with E-state index in [2.05, 4.69) is 4.72 Å². The molecule has 10 heteroatoms. The van der Waals surface area contributed by atoms with Crippen molar-refractivity contribution in [2.24, 2.45) is 0 Å². The molecular formula is C18H20BF3N2O3S. The fourth-order valence-electron chi connectivity index (χ4n) is 3.08. The first-order chi connectivity index (χ1) is 13.0. The number of likely N-dealkylation sites (N-methyl/N-ethyl adjacent to an activating group) is 1. The van der Waals surface area contributed by atoms with E-state index in [1.807, 2.05) is 11.9 Å². The van der Waals surface area contributed by atoms with Gasteiger partial charge in [0.25, 0.3) is 10.0 Å². The van der Waals surface area contributed by atoms with E-state index in [0.29, 0.717) is 13.0 Å². The van der Waals surface area contributed by atoms with Crippen LogP contribution in [0.5, 0.6) is 5.75 Å². The number of benzene rings is 2. The van der Waals surface area contributed by atoms with Crippen LogP contribution in [0, 0.1) is 0 Å². The van der Waals surface area contributed by atoms with Crippen LogP contribution in [0.1, 0.15) is 12.0 Å². The molecular weight excluding hydrogens is 392 g/mol. The van der Waals surface area contributed by atoms with Crippen LogP contribution in [0.25, 0.3) is 0 Å². The van der Waals surface area contributed by atoms with Crippen LogP contribution in [0.15, 0.2) is 47.4 Å². The molecule has 1 atom stereocenters. The topological polar surface area (TPSA) is 58.6 Å². The van der Waals surface area contributed by atoms with Gasteiger partial charge in [0, 0.05) is 19.2 Å². The third kappa shape index (κ3) is 4.80. The third-order valence-corrected chi connectivity index (χ3v) is 5.86. The molecule has 0 spiro atoms. The van der Waals surface area contributed by atoms with Gasteiger partial charge in [-0.05, 0) is 37.7 Å². The standard InChI is InChI=1S/C18H20BF3N2O3S/c1-24-8-7-14(11-24)27-17-10-13(5-6-16(17)18(20,21)22)23-28(25,26)15-4-2-3-12(19)9-15/h2-6,9-10,14,23H,7-8,11,19H2,1H3/t14-/m1/s1. The van der Waals surface area contributed by atoms with Crippen molar-refractivity contribution in [2.75, 3.05) is 24.9 Å². The average molecular weight is 412 g/mol. The number of ether oxygens (including phenoxy) is 1. The Morgan fingerprint density at radius 3 is 2.57 bits per heavy atom. The van der Waals surface area contributed by atoms with E-state index in [9.17, 15) is 21.6 Å². The van der Waals surface area contributed by atoms with Crippen molar-refractivity contribution in [2.45, 2.75) is 23.6 Å². The van der Waals surface area contributed by atoms with Gasteiger partial charge in [-0.1, -0.05) is 17.6 Å². The summed E-state index contributed by atoms with van der Waals surface area (Å²) in [5, 5.41) is 0. The molecule has 0 amide bonds. The molecule has 0 bridgehead atoms. The van der Waals surface area contributed by atoms with Crippen molar-refractivity contribution >= 4 is 29.0 Å². The van der Waals surface area contributed by atoms with Crippen molar-refractivity contribution < 1.29 is 26.3 Å². The molecule has 1 aliphatic heterocycles. The summed E-state index contributed by atoms with van der Waals surface area (Å²) in [6.07, 6.45) is -4.38. The van der Waals surface area contributed by atoms with Crippen LogP contribution in [-0.4, -0.2) is 47.4 Å². The first-order valence-electron chi connectivity index (χ1n) is 8.70. The van der Waals surface area contributed by atoms with Gasteiger partial charge < -0.3 is 9.64 Å². The van der Waals surface area contributed by atoms with Crippen molar-refractivity contribution in [3.63, 3.8) is 0 Å². The van der Waals surface area contributed by atoms with Gasteiger partial charge in [-0.15, -0.1) is 0 Å². The summed E-state index contributed by atoms with van der Waals surface area (Å²) in [7, 11) is -0.319. The van der Waals surface area contributed by atoms with Crippen LogP contribution in [0.2, 0.25) is 0 Å².